The average molecular weight is 303 g/mol. The summed E-state index contributed by atoms with van der Waals surface area (Å²) >= 11 is 0. The molecule has 8 nitrogen and oxygen atoms in total. The molecule has 0 saturated carbocycles. The highest BCUT2D eigenvalue weighted by Gasteiger charge is 2.41. The summed E-state index contributed by atoms with van der Waals surface area (Å²) in [6.45, 7) is -0.0131. The van der Waals surface area contributed by atoms with Crippen LogP contribution in [0.15, 0.2) is 30.5 Å². The van der Waals surface area contributed by atoms with Crippen molar-refractivity contribution in [3.8, 4) is 5.88 Å². The van der Waals surface area contributed by atoms with Crippen LogP contribution in [0, 0.1) is 0 Å². The minimum atomic E-state index is -1.27. The van der Waals surface area contributed by atoms with E-state index in [1.807, 2.05) is 18.2 Å². The van der Waals surface area contributed by atoms with Crippen molar-refractivity contribution in [2.75, 3.05) is 6.54 Å². The number of nitrogens with zero attached hydrogens (tertiary/aromatic N) is 3. The monoisotopic (exact) mass is 303 g/mol. The molecule has 1 saturated heterocycles. The molecule has 0 spiro atoms. The number of aromatic nitrogens is 2. The van der Waals surface area contributed by atoms with Crippen molar-refractivity contribution in [3.63, 3.8) is 0 Å². The van der Waals surface area contributed by atoms with Gasteiger partial charge in [-0.25, -0.2) is 19.6 Å². The zero-order chi connectivity index (χ0) is 15.7. The fourth-order valence-electron chi connectivity index (χ4n) is 2.50. The van der Waals surface area contributed by atoms with Gasteiger partial charge in [0.1, 0.15) is 12.1 Å². The van der Waals surface area contributed by atoms with Crippen molar-refractivity contribution in [1.82, 2.24) is 14.9 Å². The van der Waals surface area contributed by atoms with Crippen molar-refractivity contribution in [1.29, 1.82) is 0 Å². The van der Waals surface area contributed by atoms with Gasteiger partial charge in [0.2, 0.25) is 5.88 Å². The van der Waals surface area contributed by atoms with E-state index in [1.165, 1.54) is 6.20 Å². The van der Waals surface area contributed by atoms with Gasteiger partial charge in [-0.15, -0.1) is 0 Å². The van der Waals surface area contributed by atoms with Crippen LogP contribution in [0.25, 0.3) is 11.0 Å². The maximum atomic E-state index is 11.1. The molecule has 2 N–H and O–H groups in total. The van der Waals surface area contributed by atoms with Gasteiger partial charge < -0.3 is 14.9 Å². The van der Waals surface area contributed by atoms with Crippen LogP contribution in [0.2, 0.25) is 0 Å². The van der Waals surface area contributed by atoms with E-state index in [2.05, 4.69) is 9.97 Å². The Morgan fingerprint density at radius 3 is 2.59 bits per heavy atom. The predicted molar refractivity (Wildman–Crippen MR) is 74.7 cm³/mol. The second-order valence-corrected chi connectivity index (χ2v) is 4.96. The lowest BCUT2D eigenvalue weighted by Gasteiger charge is -2.16. The first-order valence-corrected chi connectivity index (χ1v) is 6.65. The molecule has 1 aromatic carbocycles. The minimum absolute atomic E-state index is 0.0131. The van der Waals surface area contributed by atoms with E-state index in [0.29, 0.717) is 5.52 Å². The summed E-state index contributed by atoms with van der Waals surface area (Å²) in [4.78, 5) is 31.5. The molecular formula is C14H13N3O5. The fourth-order valence-corrected chi connectivity index (χ4v) is 2.50. The van der Waals surface area contributed by atoms with Gasteiger partial charge in [0.15, 0.2) is 0 Å². The molecule has 1 fully saturated rings. The number of carbonyl (C=O) groups is 2. The highest BCUT2D eigenvalue weighted by atomic mass is 16.5. The molecule has 1 aromatic heterocycles. The first kappa shape index (κ1) is 14.1. The van der Waals surface area contributed by atoms with E-state index in [9.17, 15) is 9.59 Å². The number of hydrogen-bond donors (Lipinski definition) is 2. The lowest BCUT2D eigenvalue weighted by molar-refractivity contribution is -0.141. The third-order valence-corrected chi connectivity index (χ3v) is 3.51. The van der Waals surface area contributed by atoms with Crippen LogP contribution in [-0.2, 0) is 4.79 Å². The second-order valence-electron chi connectivity index (χ2n) is 4.96. The number of carboxylic acids is 1. The van der Waals surface area contributed by atoms with Gasteiger partial charge in [-0.3, -0.25) is 4.90 Å². The lowest BCUT2D eigenvalue weighted by Crippen LogP contribution is -2.39. The molecule has 0 radical (unpaired) electrons. The fraction of sp³-hybridized carbons (Fsp3) is 0.286. The van der Waals surface area contributed by atoms with Gasteiger partial charge >= 0.3 is 12.1 Å². The first-order valence-electron chi connectivity index (χ1n) is 6.65. The molecule has 0 aliphatic carbocycles. The number of fused-ring (bicyclic) bond motifs is 1. The van der Waals surface area contributed by atoms with Crippen LogP contribution in [0.3, 0.4) is 0 Å². The zero-order valence-electron chi connectivity index (χ0n) is 11.4. The standard InChI is InChI=1S/C14H13N3O5/c18-13(19)11-5-8(7-17(11)14(20)21)22-12-6-15-9-3-1-2-4-10(9)16-12/h1-4,6,8,11H,5,7H2,(H,18,19)(H,20,21). The van der Waals surface area contributed by atoms with Gasteiger partial charge in [-0.1, -0.05) is 12.1 Å². The van der Waals surface area contributed by atoms with Crippen LogP contribution < -0.4 is 4.74 Å². The number of amides is 1. The van der Waals surface area contributed by atoms with Crippen molar-refractivity contribution in [2.24, 2.45) is 0 Å². The third kappa shape index (κ3) is 2.62. The van der Waals surface area contributed by atoms with Gasteiger partial charge in [-0.2, -0.15) is 0 Å². The molecule has 2 unspecified atom stereocenters. The average Bonchev–Trinajstić information content (AvgIpc) is 2.91. The zero-order valence-corrected chi connectivity index (χ0v) is 11.4. The van der Waals surface area contributed by atoms with E-state index in [1.54, 1.807) is 6.07 Å². The molecule has 2 heterocycles. The van der Waals surface area contributed by atoms with Crippen LogP contribution in [0.1, 0.15) is 6.42 Å². The Hall–Kier alpha value is -2.90. The number of rotatable bonds is 3. The summed E-state index contributed by atoms with van der Waals surface area (Å²) in [5.41, 5.74) is 1.37. The molecule has 3 rings (SSSR count). The summed E-state index contributed by atoms with van der Waals surface area (Å²) in [6, 6.07) is 6.16. The smallest absolute Gasteiger partial charge is 0.408 e. The third-order valence-electron chi connectivity index (χ3n) is 3.51. The number of aliphatic carboxylic acids is 1. The maximum absolute atomic E-state index is 11.1. The molecule has 2 atom stereocenters. The van der Waals surface area contributed by atoms with Crippen LogP contribution >= 0.6 is 0 Å². The van der Waals surface area contributed by atoms with Crippen molar-refractivity contribution < 1.29 is 24.5 Å². The van der Waals surface area contributed by atoms with Crippen LogP contribution in [0.4, 0.5) is 4.79 Å². The van der Waals surface area contributed by atoms with E-state index in [-0.39, 0.29) is 18.8 Å². The number of ether oxygens (including phenoxy) is 1. The number of likely N-dealkylation sites (tertiary alicyclic amines) is 1. The predicted octanol–water partition coefficient (Wildman–Crippen LogP) is 1.21. The van der Waals surface area contributed by atoms with Crippen molar-refractivity contribution >= 4 is 23.1 Å². The van der Waals surface area contributed by atoms with E-state index in [4.69, 9.17) is 14.9 Å². The van der Waals surface area contributed by atoms with E-state index in [0.717, 1.165) is 10.4 Å². The molecule has 22 heavy (non-hydrogen) atoms. The highest BCUT2D eigenvalue weighted by Crippen LogP contribution is 2.23. The summed E-state index contributed by atoms with van der Waals surface area (Å²) in [7, 11) is 0. The van der Waals surface area contributed by atoms with Gasteiger partial charge in [0.05, 0.1) is 23.8 Å². The molecule has 114 valence electrons. The van der Waals surface area contributed by atoms with Gasteiger partial charge in [0, 0.05) is 6.42 Å². The maximum Gasteiger partial charge on any atom is 0.408 e. The minimum Gasteiger partial charge on any atom is -0.480 e. The summed E-state index contributed by atoms with van der Waals surface area (Å²) < 4.78 is 5.60. The molecule has 0 bridgehead atoms. The highest BCUT2D eigenvalue weighted by molar-refractivity contribution is 5.80. The summed E-state index contributed by atoms with van der Waals surface area (Å²) in [5, 5.41) is 18.1. The lowest BCUT2D eigenvalue weighted by atomic mass is 10.2. The summed E-state index contributed by atoms with van der Waals surface area (Å²) in [5.74, 6) is -0.932. The molecule has 8 heteroatoms. The molecule has 1 aliphatic heterocycles. The Morgan fingerprint density at radius 2 is 1.95 bits per heavy atom. The topological polar surface area (TPSA) is 113 Å². The second kappa shape index (κ2) is 5.47. The Kier molecular flexibility index (Phi) is 3.50. The van der Waals surface area contributed by atoms with E-state index >= 15 is 0 Å². The normalized spacial score (nSPS) is 21.0. The largest absolute Gasteiger partial charge is 0.480 e. The van der Waals surface area contributed by atoms with Gasteiger partial charge in [-0.05, 0) is 12.1 Å². The Bertz CT molecular complexity index is 713. The van der Waals surface area contributed by atoms with Gasteiger partial charge in [0.25, 0.3) is 0 Å². The van der Waals surface area contributed by atoms with Crippen LogP contribution in [-0.4, -0.2) is 55.8 Å². The molecule has 2 aromatic rings. The molecular weight excluding hydrogens is 290 g/mol. The number of hydrogen-bond acceptors (Lipinski definition) is 5. The van der Waals surface area contributed by atoms with Crippen molar-refractivity contribution in [3.05, 3.63) is 30.5 Å². The number of benzene rings is 1. The Morgan fingerprint density at radius 1 is 1.23 bits per heavy atom. The molecule has 1 amide bonds. The Labute approximate surface area is 125 Å². The SMILES string of the molecule is O=C(O)C1CC(Oc2cnc3ccccc3n2)CN1C(=O)O. The first-order chi connectivity index (χ1) is 10.5. The number of carboxylic acid groups (broad SMARTS) is 2. The molecule has 1 aliphatic rings. The van der Waals surface area contributed by atoms with Crippen molar-refractivity contribution in [2.45, 2.75) is 18.6 Å². The Balaban J connectivity index is 1.77. The van der Waals surface area contributed by atoms with E-state index < -0.39 is 24.2 Å². The summed E-state index contributed by atoms with van der Waals surface area (Å²) in [6.07, 6.45) is -0.312. The number of para-hydroxylation sites is 2. The quantitative estimate of drug-likeness (QED) is 0.876. The van der Waals surface area contributed by atoms with Crippen LogP contribution in [0.5, 0.6) is 5.88 Å².